The second-order valence-electron chi connectivity index (χ2n) is 5.74. The molecule has 2 rings (SSSR count). The highest BCUT2D eigenvalue weighted by molar-refractivity contribution is 5.84. The molecule has 0 aromatic carbocycles. The van der Waals surface area contributed by atoms with Crippen molar-refractivity contribution in [1.29, 1.82) is 5.26 Å². The molecule has 110 valence electrons. The molecule has 1 saturated carbocycles. The van der Waals surface area contributed by atoms with Crippen molar-refractivity contribution in [2.75, 3.05) is 19.6 Å². The molecule has 1 atom stereocenters. The summed E-state index contributed by atoms with van der Waals surface area (Å²) in [6.07, 6.45) is 4.54. The van der Waals surface area contributed by atoms with E-state index in [2.05, 4.69) is 16.7 Å². The van der Waals surface area contributed by atoms with Crippen molar-refractivity contribution in [3.63, 3.8) is 0 Å². The van der Waals surface area contributed by atoms with E-state index >= 15 is 0 Å². The molecule has 2 amide bonds. The van der Waals surface area contributed by atoms with Crippen LogP contribution in [0, 0.1) is 11.3 Å². The molecular formula is C14H22N4O2. The minimum Gasteiger partial charge on any atom is -0.354 e. The van der Waals surface area contributed by atoms with E-state index < -0.39 is 5.54 Å². The van der Waals surface area contributed by atoms with Gasteiger partial charge in [-0.05, 0) is 19.8 Å². The number of amides is 2. The first-order valence-electron chi connectivity index (χ1n) is 7.30. The molecule has 0 unspecified atom stereocenters. The Balaban J connectivity index is 1.96. The Labute approximate surface area is 119 Å². The van der Waals surface area contributed by atoms with E-state index in [1.807, 2.05) is 4.90 Å². The van der Waals surface area contributed by atoms with Crippen LogP contribution < -0.4 is 10.6 Å². The summed E-state index contributed by atoms with van der Waals surface area (Å²) in [6, 6.07) is 1.90. The molecule has 1 saturated heterocycles. The Bertz CT molecular complexity index is 423. The summed E-state index contributed by atoms with van der Waals surface area (Å²) >= 11 is 0. The van der Waals surface area contributed by atoms with E-state index in [-0.39, 0.29) is 24.4 Å². The standard InChI is InChI=1S/C14H22N4O2/c1-11(18-8-7-16-12(19)9-18)13(20)17-14(10-15)5-3-2-4-6-14/h11H,2-9H2,1H3,(H,16,19)(H,17,20)/t11-/m0/s1. The van der Waals surface area contributed by atoms with Gasteiger partial charge in [-0.1, -0.05) is 19.3 Å². The Kier molecular flexibility index (Phi) is 4.61. The highest BCUT2D eigenvalue weighted by atomic mass is 16.2. The lowest BCUT2D eigenvalue weighted by molar-refractivity contribution is -0.131. The fourth-order valence-corrected chi connectivity index (χ4v) is 2.92. The van der Waals surface area contributed by atoms with Crippen LogP contribution in [-0.2, 0) is 9.59 Å². The van der Waals surface area contributed by atoms with Gasteiger partial charge in [-0.2, -0.15) is 5.26 Å². The molecule has 1 aliphatic heterocycles. The van der Waals surface area contributed by atoms with Crippen molar-refractivity contribution in [2.24, 2.45) is 0 Å². The number of nitrogens with one attached hydrogen (secondary N) is 2. The van der Waals surface area contributed by atoms with Crippen LogP contribution >= 0.6 is 0 Å². The minimum absolute atomic E-state index is 0.0523. The predicted octanol–water partition coefficient (Wildman–Crippen LogP) is 0.149. The number of nitriles is 1. The monoisotopic (exact) mass is 278 g/mol. The van der Waals surface area contributed by atoms with Gasteiger partial charge in [-0.15, -0.1) is 0 Å². The fourth-order valence-electron chi connectivity index (χ4n) is 2.92. The topological polar surface area (TPSA) is 85.2 Å². The Morgan fingerprint density at radius 2 is 2.15 bits per heavy atom. The summed E-state index contributed by atoms with van der Waals surface area (Å²) in [5.41, 5.74) is -0.707. The van der Waals surface area contributed by atoms with E-state index in [0.717, 1.165) is 32.1 Å². The first-order valence-corrected chi connectivity index (χ1v) is 7.30. The van der Waals surface area contributed by atoms with Gasteiger partial charge in [0.25, 0.3) is 0 Å². The fraction of sp³-hybridized carbons (Fsp3) is 0.786. The number of carbonyl (C=O) groups is 2. The van der Waals surface area contributed by atoms with Gasteiger partial charge in [-0.25, -0.2) is 0 Å². The van der Waals surface area contributed by atoms with Crippen molar-refractivity contribution >= 4 is 11.8 Å². The number of nitrogens with zero attached hydrogens (tertiary/aromatic N) is 2. The Morgan fingerprint density at radius 1 is 1.45 bits per heavy atom. The van der Waals surface area contributed by atoms with Gasteiger partial charge >= 0.3 is 0 Å². The van der Waals surface area contributed by atoms with Gasteiger partial charge in [0.2, 0.25) is 11.8 Å². The van der Waals surface area contributed by atoms with Crippen LogP contribution in [-0.4, -0.2) is 47.9 Å². The normalized spacial score (nSPS) is 24.3. The van der Waals surface area contributed by atoms with E-state index in [1.54, 1.807) is 6.92 Å². The zero-order valence-electron chi connectivity index (χ0n) is 11.9. The summed E-state index contributed by atoms with van der Waals surface area (Å²) in [6.45, 7) is 3.27. The summed E-state index contributed by atoms with van der Waals surface area (Å²) < 4.78 is 0. The van der Waals surface area contributed by atoms with Crippen molar-refractivity contribution in [3.8, 4) is 6.07 Å². The molecule has 0 radical (unpaired) electrons. The van der Waals surface area contributed by atoms with Crippen LogP contribution in [0.5, 0.6) is 0 Å². The number of rotatable bonds is 3. The van der Waals surface area contributed by atoms with E-state index in [0.29, 0.717) is 13.1 Å². The van der Waals surface area contributed by atoms with Gasteiger partial charge < -0.3 is 10.6 Å². The summed E-state index contributed by atoms with van der Waals surface area (Å²) in [5, 5.41) is 15.0. The van der Waals surface area contributed by atoms with Gasteiger partial charge in [0.05, 0.1) is 18.7 Å². The summed E-state index contributed by atoms with van der Waals surface area (Å²) in [7, 11) is 0. The lowest BCUT2D eigenvalue weighted by Crippen LogP contribution is -2.58. The van der Waals surface area contributed by atoms with Crippen LogP contribution in [0.15, 0.2) is 0 Å². The maximum Gasteiger partial charge on any atom is 0.238 e. The first-order chi connectivity index (χ1) is 9.56. The minimum atomic E-state index is -0.707. The van der Waals surface area contributed by atoms with Crippen LogP contribution in [0.3, 0.4) is 0 Å². The molecule has 0 bridgehead atoms. The third kappa shape index (κ3) is 3.28. The zero-order valence-corrected chi connectivity index (χ0v) is 11.9. The number of piperazine rings is 1. The predicted molar refractivity (Wildman–Crippen MR) is 73.6 cm³/mol. The van der Waals surface area contributed by atoms with Crippen molar-refractivity contribution in [2.45, 2.75) is 50.6 Å². The molecular weight excluding hydrogens is 256 g/mol. The maximum atomic E-state index is 12.3. The lowest BCUT2D eigenvalue weighted by Gasteiger charge is -2.36. The average Bonchev–Trinajstić information content (AvgIpc) is 2.47. The highest BCUT2D eigenvalue weighted by Gasteiger charge is 2.36. The third-order valence-corrected chi connectivity index (χ3v) is 4.28. The number of hydrogen-bond acceptors (Lipinski definition) is 4. The first kappa shape index (κ1) is 14.8. The van der Waals surface area contributed by atoms with Gasteiger partial charge in [-0.3, -0.25) is 14.5 Å². The van der Waals surface area contributed by atoms with E-state index in [1.165, 1.54) is 0 Å². The zero-order chi connectivity index (χ0) is 14.6. The summed E-state index contributed by atoms with van der Waals surface area (Å²) in [5.74, 6) is -0.202. The van der Waals surface area contributed by atoms with Crippen LogP contribution in [0.4, 0.5) is 0 Å². The van der Waals surface area contributed by atoms with Gasteiger partial charge in [0.1, 0.15) is 5.54 Å². The second-order valence-corrected chi connectivity index (χ2v) is 5.74. The van der Waals surface area contributed by atoms with Gasteiger partial charge in [0, 0.05) is 13.1 Å². The maximum absolute atomic E-state index is 12.3. The summed E-state index contributed by atoms with van der Waals surface area (Å²) in [4.78, 5) is 25.6. The molecule has 6 nitrogen and oxygen atoms in total. The van der Waals surface area contributed by atoms with Gasteiger partial charge in [0.15, 0.2) is 0 Å². The van der Waals surface area contributed by atoms with Crippen LogP contribution in [0.2, 0.25) is 0 Å². The quantitative estimate of drug-likeness (QED) is 0.769. The van der Waals surface area contributed by atoms with E-state index in [4.69, 9.17) is 0 Å². The Hall–Kier alpha value is -1.61. The number of hydrogen-bond donors (Lipinski definition) is 2. The van der Waals surface area contributed by atoms with Crippen LogP contribution in [0.25, 0.3) is 0 Å². The SMILES string of the molecule is C[C@@H](C(=O)NC1(C#N)CCCCC1)N1CCNC(=O)C1. The van der Waals surface area contributed by atoms with Crippen molar-refractivity contribution in [1.82, 2.24) is 15.5 Å². The van der Waals surface area contributed by atoms with Crippen LogP contribution in [0.1, 0.15) is 39.0 Å². The van der Waals surface area contributed by atoms with Crippen molar-refractivity contribution in [3.05, 3.63) is 0 Å². The molecule has 0 aromatic heterocycles. The average molecular weight is 278 g/mol. The molecule has 0 spiro atoms. The molecule has 2 aliphatic rings. The third-order valence-electron chi connectivity index (χ3n) is 4.28. The molecule has 1 aliphatic carbocycles. The molecule has 20 heavy (non-hydrogen) atoms. The largest absolute Gasteiger partial charge is 0.354 e. The Morgan fingerprint density at radius 3 is 2.75 bits per heavy atom. The lowest BCUT2D eigenvalue weighted by atomic mass is 9.82. The molecule has 1 heterocycles. The molecule has 6 heteroatoms. The number of carbonyl (C=O) groups excluding carboxylic acids is 2. The molecule has 0 aromatic rings. The second kappa shape index (κ2) is 6.23. The molecule has 2 N–H and O–H groups in total. The highest BCUT2D eigenvalue weighted by Crippen LogP contribution is 2.27. The van der Waals surface area contributed by atoms with Crippen molar-refractivity contribution < 1.29 is 9.59 Å². The van der Waals surface area contributed by atoms with E-state index in [9.17, 15) is 14.9 Å². The molecule has 2 fully saturated rings. The smallest absolute Gasteiger partial charge is 0.238 e.